The third kappa shape index (κ3) is 3.97. The molecule has 104 valence electrons. The van der Waals surface area contributed by atoms with Gasteiger partial charge in [-0.2, -0.15) is 11.8 Å². The van der Waals surface area contributed by atoms with Crippen LogP contribution in [0.5, 0.6) is 0 Å². The second-order valence-electron chi connectivity index (χ2n) is 4.48. The maximum atomic E-state index is 12.2. The van der Waals surface area contributed by atoms with Crippen LogP contribution >= 0.6 is 35.1 Å². The van der Waals surface area contributed by atoms with Gasteiger partial charge in [0.15, 0.2) is 0 Å². The summed E-state index contributed by atoms with van der Waals surface area (Å²) in [6.07, 6.45) is 0. The Bertz CT molecular complexity index is 462. The van der Waals surface area contributed by atoms with E-state index in [-0.39, 0.29) is 11.2 Å². The number of rotatable bonds is 3. The fourth-order valence-corrected chi connectivity index (χ4v) is 4.58. The van der Waals surface area contributed by atoms with Crippen LogP contribution in [0.1, 0.15) is 0 Å². The molecule has 0 radical (unpaired) electrons. The molecule has 0 saturated carbocycles. The number of hydrogen-bond donors (Lipinski definition) is 1. The van der Waals surface area contributed by atoms with E-state index >= 15 is 0 Å². The largest absolute Gasteiger partial charge is 0.376 e. The topological polar surface area (TPSA) is 32.3 Å². The van der Waals surface area contributed by atoms with Gasteiger partial charge in [-0.25, -0.2) is 0 Å². The molecule has 1 aromatic carbocycles. The lowest BCUT2D eigenvalue weighted by Crippen LogP contribution is -2.30. The molecular weight excluding hydrogens is 300 g/mol. The first-order valence-corrected chi connectivity index (χ1v) is 8.63. The van der Waals surface area contributed by atoms with Gasteiger partial charge in [0.1, 0.15) is 0 Å². The molecule has 1 aromatic rings. The highest BCUT2D eigenvalue weighted by atomic mass is 35.5. The lowest BCUT2D eigenvalue weighted by molar-refractivity contribution is -0.115. The number of nitrogens with one attached hydrogen (secondary N) is 1. The first-order valence-electron chi connectivity index (χ1n) is 6.05. The minimum atomic E-state index is 0.0349. The minimum Gasteiger partial charge on any atom is -0.376 e. The normalized spacial score (nSPS) is 19.0. The van der Waals surface area contributed by atoms with E-state index in [0.717, 1.165) is 28.6 Å². The van der Waals surface area contributed by atoms with Crippen LogP contribution in [0.3, 0.4) is 0 Å². The van der Waals surface area contributed by atoms with Gasteiger partial charge in [-0.15, -0.1) is 11.8 Å². The van der Waals surface area contributed by atoms with Crippen LogP contribution in [0.15, 0.2) is 18.2 Å². The van der Waals surface area contributed by atoms with Crippen LogP contribution in [0.25, 0.3) is 0 Å². The SMILES string of the molecule is CN(C)c1ccc(Cl)cc1NC(=O)C1CSCCS1. The third-order valence-corrected chi connectivity index (χ3v) is 5.80. The smallest absolute Gasteiger partial charge is 0.238 e. The molecule has 1 saturated heterocycles. The van der Waals surface area contributed by atoms with Crippen molar-refractivity contribution in [2.24, 2.45) is 0 Å². The predicted molar refractivity (Wildman–Crippen MR) is 88.0 cm³/mol. The number of benzene rings is 1. The summed E-state index contributed by atoms with van der Waals surface area (Å²) in [4.78, 5) is 14.2. The summed E-state index contributed by atoms with van der Waals surface area (Å²) in [6, 6.07) is 5.55. The van der Waals surface area contributed by atoms with Gasteiger partial charge in [-0.3, -0.25) is 4.79 Å². The lowest BCUT2D eigenvalue weighted by Gasteiger charge is -2.22. The number of amides is 1. The molecule has 6 heteroatoms. The Kier molecular flexibility index (Phi) is 5.30. The van der Waals surface area contributed by atoms with E-state index in [0.29, 0.717) is 5.02 Å². The quantitative estimate of drug-likeness (QED) is 0.928. The van der Waals surface area contributed by atoms with Crippen LogP contribution < -0.4 is 10.2 Å². The van der Waals surface area contributed by atoms with E-state index in [9.17, 15) is 4.79 Å². The summed E-state index contributed by atoms with van der Waals surface area (Å²) in [5, 5.41) is 3.67. The number of nitrogens with zero attached hydrogens (tertiary/aromatic N) is 1. The van der Waals surface area contributed by atoms with Gasteiger partial charge in [0.2, 0.25) is 5.91 Å². The average Bonchev–Trinajstić information content (AvgIpc) is 2.39. The van der Waals surface area contributed by atoms with Gasteiger partial charge in [0, 0.05) is 36.4 Å². The number of carbonyl (C=O) groups excluding carboxylic acids is 1. The van der Waals surface area contributed by atoms with E-state index < -0.39 is 0 Å². The van der Waals surface area contributed by atoms with Crippen LogP contribution in [0, 0.1) is 0 Å². The molecule has 1 fully saturated rings. The molecule has 1 aliphatic rings. The zero-order valence-corrected chi connectivity index (χ0v) is 13.4. The minimum absolute atomic E-state index is 0.0349. The first-order chi connectivity index (χ1) is 9.08. The summed E-state index contributed by atoms with van der Waals surface area (Å²) < 4.78 is 0. The van der Waals surface area contributed by atoms with Crippen LogP contribution in [0.4, 0.5) is 11.4 Å². The zero-order valence-electron chi connectivity index (χ0n) is 11.0. The summed E-state index contributed by atoms with van der Waals surface area (Å²) in [7, 11) is 3.90. The van der Waals surface area contributed by atoms with Gasteiger partial charge >= 0.3 is 0 Å². The molecule has 0 spiro atoms. The molecule has 1 unspecified atom stereocenters. The second kappa shape index (κ2) is 6.77. The number of anilines is 2. The average molecular weight is 317 g/mol. The molecule has 1 N–H and O–H groups in total. The summed E-state index contributed by atoms with van der Waals surface area (Å²) in [6.45, 7) is 0. The monoisotopic (exact) mass is 316 g/mol. The van der Waals surface area contributed by atoms with Crippen molar-refractivity contribution in [2.45, 2.75) is 5.25 Å². The fourth-order valence-electron chi connectivity index (χ4n) is 1.85. The van der Waals surface area contributed by atoms with Crippen molar-refractivity contribution in [1.29, 1.82) is 0 Å². The maximum absolute atomic E-state index is 12.2. The Balaban J connectivity index is 2.13. The van der Waals surface area contributed by atoms with Crippen molar-refractivity contribution in [3.8, 4) is 0 Å². The second-order valence-corrected chi connectivity index (χ2v) is 7.38. The molecule has 1 amide bonds. The Morgan fingerprint density at radius 1 is 1.42 bits per heavy atom. The van der Waals surface area contributed by atoms with Crippen LogP contribution in [-0.4, -0.2) is 42.5 Å². The first kappa shape index (κ1) is 14.9. The summed E-state index contributed by atoms with van der Waals surface area (Å²) in [5.41, 5.74) is 1.74. The summed E-state index contributed by atoms with van der Waals surface area (Å²) in [5.74, 6) is 3.13. The molecular formula is C13H17ClN2OS2. The lowest BCUT2D eigenvalue weighted by atomic mass is 10.2. The van der Waals surface area contributed by atoms with Gasteiger partial charge in [-0.1, -0.05) is 11.6 Å². The Hall–Kier alpha value is -0.520. The predicted octanol–water partition coefficient (Wildman–Crippen LogP) is 3.19. The highest BCUT2D eigenvalue weighted by molar-refractivity contribution is 8.07. The van der Waals surface area contributed by atoms with E-state index in [2.05, 4.69) is 5.32 Å². The van der Waals surface area contributed by atoms with Gasteiger partial charge in [0.25, 0.3) is 0 Å². The molecule has 3 nitrogen and oxygen atoms in total. The standard InChI is InChI=1S/C13H17ClN2OS2/c1-16(2)11-4-3-9(14)7-10(11)15-13(17)12-8-18-5-6-19-12/h3-4,7,12H,5-6,8H2,1-2H3,(H,15,17). The van der Waals surface area contributed by atoms with E-state index in [1.54, 1.807) is 17.8 Å². The number of hydrogen-bond acceptors (Lipinski definition) is 4. The number of thioether (sulfide) groups is 2. The van der Waals surface area contributed by atoms with Crippen molar-refractivity contribution < 1.29 is 4.79 Å². The Morgan fingerprint density at radius 2 is 2.21 bits per heavy atom. The zero-order chi connectivity index (χ0) is 13.8. The molecule has 1 aliphatic heterocycles. The molecule has 19 heavy (non-hydrogen) atoms. The van der Waals surface area contributed by atoms with Crippen LogP contribution in [-0.2, 0) is 4.79 Å². The van der Waals surface area contributed by atoms with Gasteiger partial charge in [0.05, 0.1) is 16.6 Å². The van der Waals surface area contributed by atoms with Crippen molar-refractivity contribution in [2.75, 3.05) is 41.6 Å². The maximum Gasteiger partial charge on any atom is 0.238 e. The molecule has 1 heterocycles. The highest BCUT2D eigenvalue weighted by Crippen LogP contribution is 2.30. The van der Waals surface area contributed by atoms with E-state index in [4.69, 9.17) is 11.6 Å². The Labute approximate surface area is 127 Å². The molecule has 0 aromatic heterocycles. The number of halogens is 1. The van der Waals surface area contributed by atoms with Gasteiger partial charge in [-0.05, 0) is 18.2 Å². The van der Waals surface area contributed by atoms with Crippen molar-refractivity contribution in [3.63, 3.8) is 0 Å². The van der Waals surface area contributed by atoms with Crippen molar-refractivity contribution in [3.05, 3.63) is 23.2 Å². The van der Waals surface area contributed by atoms with Crippen molar-refractivity contribution >= 4 is 52.4 Å². The molecule has 2 rings (SSSR count). The highest BCUT2D eigenvalue weighted by Gasteiger charge is 2.23. The van der Waals surface area contributed by atoms with Gasteiger partial charge < -0.3 is 10.2 Å². The van der Waals surface area contributed by atoms with E-state index in [1.807, 2.05) is 42.9 Å². The fraction of sp³-hybridized carbons (Fsp3) is 0.462. The van der Waals surface area contributed by atoms with E-state index in [1.165, 1.54) is 0 Å². The molecule has 1 atom stereocenters. The van der Waals surface area contributed by atoms with Crippen LogP contribution in [0.2, 0.25) is 5.02 Å². The van der Waals surface area contributed by atoms with Crippen molar-refractivity contribution in [1.82, 2.24) is 0 Å². The third-order valence-electron chi connectivity index (χ3n) is 2.81. The number of carbonyl (C=O) groups is 1. The molecule has 0 bridgehead atoms. The Morgan fingerprint density at radius 3 is 2.84 bits per heavy atom. The summed E-state index contributed by atoms with van der Waals surface area (Å²) >= 11 is 9.58. The molecule has 0 aliphatic carbocycles.